The lowest BCUT2D eigenvalue weighted by molar-refractivity contribution is -0.132. The van der Waals surface area contributed by atoms with Gasteiger partial charge in [0.1, 0.15) is 5.75 Å². The van der Waals surface area contributed by atoms with Gasteiger partial charge in [-0.05, 0) is 36.5 Å². The minimum absolute atomic E-state index is 0.0491. The minimum atomic E-state index is -1.37. The normalized spacial score (nSPS) is 19.6. The molecule has 1 heterocycles. The number of nitrogens with zero attached hydrogens (tertiary/aromatic N) is 1. The Balaban J connectivity index is 1.96. The van der Waals surface area contributed by atoms with Crippen molar-refractivity contribution in [2.24, 2.45) is 11.7 Å². The van der Waals surface area contributed by atoms with Crippen molar-refractivity contribution >= 4 is 22.6 Å². The summed E-state index contributed by atoms with van der Waals surface area (Å²) >= 11 is 0. The second-order valence-electron chi connectivity index (χ2n) is 6.29. The molecule has 0 aromatic heterocycles. The summed E-state index contributed by atoms with van der Waals surface area (Å²) < 4.78 is 12.4. The van der Waals surface area contributed by atoms with Crippen molar-refractivity contribution in [2.75, 3.05) is 18.8 Å². The molecular formula is C17H24N2O3S. The van der Waals surface area contributed by atoms with Crippen LogP contribution in [0.3, 0.4) is 0 Å². The van der Waals surface area contributed by atoms with Crippen LogP contribution in [0, 0.1) is 5.92 Å². The second kappa shape index (κ2) is 7.73. The maximum Gasteiger partial charge on any atom is 0.235 e. The number of carbonyl (C=O) groups is 2. The van der Waals surface area contributed by atoms with Gasteiger partial charge in [-0.25, -0.2) is 0 Å². The molecule has 1 aromatic carbocycles. The number of hydrogen-bond donors (Lipinski definition) is 1. The molecule has 5 nitrogen and oxygen atoms in total. The highest BCUT2D eigenvalue weighted by atomic mass is 32.2. The van der Waals surface area contributed by atoms with Gasteiger partial charge in [0.2, 0.25) is 11.8 Å². The van der Waals surface area contributed by atoms with E-state index in [4.69, 9.17) is 5.73 Å². The SMILES string of the molecule is CC(C)c1ccc(S(=O)CC(=O)N2CCCC(C(N)=O)C2)cc1. The third kappa shape index (κ3) is 4.64. The molecule has 1 aromatic rings. The Morgan fingerprint density at radius 2 is 1.96 bits per heavy atom. The van der Waals surface area contributed by atoms with E-state index >= 15 is 0 Å². The monoisotopic (exact) mass is 336 g/mol. The van der Waals surface area contributed by atoms with Crippen molar-refractivity contribution in [3.05, 3.63) is 29.8 Å². The molecule has 126 valence electrons. The Labute approximate surface area is 139 Å². The summed E-state index contributed by atoms with van der Waals surface area (Å²) in [4.78, 5) is 25.9. The van der Waals surface area contributed by atoms with Crippen molar-refractivity contribution in [3.8, 4) is 0 Å². The van der Waals surface area contributed by atoms with Gasteiger partial charge in [0.15, 0.2) is 0 Å². The average molecular weight is 336 g/mol. The highest BCUT2D eigenvalue weighted by Crippen LogP contribution is 2.19. The fourth-order valence-corrected chi connectivity index (χ4v) is 3.74. The third-order valence-electron chi connectivity index (χ3n) is 4.24. The molecule has 2 unspecified atom stereocenters. The van der Waals surface area contributed by atoms with Crippen molar-refractivity contribution in [2.45, 2.75) is 37.5 Å². The van der Waals surface area contributed by atoms with Crippen LogP contribution in [0.5, 0.6) is 0 Å². The molecule has 2 amide bonds. The van der Waals surface area contributed by atoms with E-state index in [0.717, 1.165) is 12.8 Å². The molecule has 2 rings (SSSR count). The van der Waals surface area contributed by atoms with E-state index in [2.05, 4.69) is 13.8 Å². The number of nitrogens with two attached hydrogens (primary N) is 1. The van der Waals surface area contributed by atoms with Crippen molar-refractivity contribution in [1.82, 2.24) is 4.90 Å². The molecule has 6 heteroatoms. The lowest BCUT2D eigenvalue weighted by atomic mass is 9.97. The summed E-state index contributed by atoms with van der Waals surface area (Å²) in [6.07, 6.45) is 1.48. The van der Waals surface area contributed by atoms with E-state index in [1.807, 2.05) is 24.3 Å². The van der Waals surface area contributed by atoms with Gasteiger partial charge in [-0.15, -0.1) is 0 Å². The number of primary amides is 1. The van der Waals surface area contributed by atoms with E-state index in [1.54, 1.807) is 4.90 Å². The number of benzene rings is 1. The minimum Gasteiger partial charge on any atom is -0.369 e. The van der Waals surface area contributed by atoms with Crippen LogP contribution < -0.4 is 5.73 Å². The quantitative estimate of drug-likeness (QED) is 0.887. The number of hydrogen-bond acceptors (Lipinski definition) is 3. The lowest BCUT2D eigenvalue weighted by Gasteiger charge is -2.31. The third-order valence-corrected chi connectivity index (χ3v) is 5.55. The Kier molecular flexibility index (Phi) is 5.93. The average Bonchev–Trinajstić information content (AvgIpc) is 2.54. The van der Waals surface area contributed by atoms with Gasteiger partial charge < -0.3 is 10.6 Å². The summed E-state index contributed by atoms with van der Waals surface area (Å²) in [5.41, 5.74) is 6.50. The molecule has 1 aliphatic heterocycles. The number of carbonyl (C=O) groups excluding carboxylic acids is 2. The summed E-state index contributed by atoms with van der Waals surface area (Å²) in [5, 5.41) is 0. The zero-order valence-electron chi connectivity index (χ0n) is 13.7. The Hall–Kier alpha value is -1.69. The van der Waals surface area contributed by atoms with Crippen LogP contribution in [0.4, 0.5) is 0 Å². The molecule has 1 saturated heterocycles. The number of likely N-dealkylation sites (tertiary alicyclic amines) is 1. The highest BCUT2D eigenvalue weighted by Gasteiger charge is 2.27. The first kappa shape index (κ1) is 17.7. The molecule has 1 fully saturated rings. The standard InChI is InChI=1S/C17H24N2O3S/c1-12(2)13-5-7-15(8-6-13)23(22)11-16(20)19-9-3-4-14(10-19)17(18)21/h5-8,12,14H,3-4,9-11H2,1-2H3,(H2,18,21). The number of rotatable bonds is 5. The van der Waals surface area contributed by atoms with E-state index in [0.29, 0.717) is 23.9 Å². The fourth-order valence-electron chi connectivity index (χ4n) is 2.73. The topological polar surface area (TPSA) is 80.5 Å². The maximum absolute atomic E-state index is 12.4. The molecule has 0 saturated carbocycles. The first-order valence-corrected chi connectivity index (χ1v) is 9.25. The molecule has 0 aliphatic carbocycles. The van der Waals surface area contributed by atoms with Gasteiger partial charge in [-0.2, -0.15) is 0 Å². The fraction of sp³-hybridized carbons (Fsp3) is 0.529. The Morgan fingerprint density at radius 3 is 2.52 bits per heavy atom. The molecular weight excluding hydrogens is 312 g/mol. The van der Waals surface area contributed by atoms with E-state index in [-0.39, 0.29) is 23.5 Å². The molecule has 2 atom stereocenters. The van der Waals surface area contributed by atoms with E-state index in [9.17, 15) is 13.8 Å². The van der Waals surface area contributed by atoms with Gasteiger partial charge in [-0.3, -0.25) is 13.8 Å². The Morgan fingerprint density at radius 1 is 1.30 bits per heavy atom. The van der Waals surface area contributed by atoms with Crippen LogP contribution in [0.1, 0.15) is 38.2 Å². The predicted molar refractivity (Wildman–Crippen MR) is 90.3 cm³/mol. The molecule has 2 N–H and O–H groups in total. The lowest BCUT2D eigenvalue weighted by Crippen LogP contribution is -2.45. The molecule has 1 aliphatic rings. The van der Waals surface area contributed by atoms with Crippen molar-refractivity contribution in [3.63, 3.8) is 0 Å². The van der Waals surface area contributed by atoms with Crippen LogP contribution in [0.15, 0.2) is 29.2 Å². The number of piperidine rings is 1. The van der Waals surface area contributed by atoms with Gasteiger partial charge in [0.25, 0.3) is 0 Å². The van der Waals surface area contributed by atoms with Crippen LogP contribution in [0.25, 0.3) is 0 Å². The summed E-state index contributed by atoms with van der Waals surface area (Å²) in [6.45, 7) is 5.14. The second-order valence-corrected chi connectivity index (χ2v) is 7.75. The van der Waals surface area contributed by atoms with Crippen LogP contribution >= 0.6 is 0 Å². The van der Waals surface area contributed by atoms with Gasteiger partial charge >= 0.3 is 0 Å². The van der Waals surface area contributed by atoms with Gasteiger partial charge in [0.05, 0.1) is 16.7 Å². The summed E-state index contributed by atoms with van der Waals surface area (Å²) in [6, 6.07) is 7.54. The van der Waals surface area contributed by atoms with Crippen LogP contribution in [0.2, 0.25) is 0 Å². The largest absolute Gasteiger partial charge is 0.369 e. The molecule has 23 heavy (non-hydrogen) atoms. The number of amides is 2. The smallest absolute Gasteiger partial charge is 0.235 e. The van der Waals surface area contributed by atoms with Gasteiger partial charge in [-0.1, -0.05) is 26.0 Å². The molecule has 0 radical (unpaired) electrons. The predicted octanol–water partition coefficient (Wildman–Crippen LogP) is 1.64. The molecule has 0 spiro atoms. The van der Waals surface area contributed by atoms with Crippen LogP contribution in [-0.4, -0.2) is 39.8 Å². The zero-order valence-corrected chi connectivity index (χ0v) is 14.5. The van der Waals surface area contributed by atoms with Crippen molar-refractivity contribution in [1.29, 1.82) is 0 Å². The maximum atomic E-state index is 12.4. The van der Waals surface area contributed by atoms with E-state index in [1.165, 1.54) is 5.56 Å². The van der Waals surface area contributed by atoms with Crippen molar-refractivity contribution < 1.29 is 13.8 Å². The summed E-state index contributed by atoms with van der Waals surface area (Å²) in [5.74, 6) is -0.466. The van der Waals surface area contributed by atoms with Crippen LogP contribution in [-0.2, 0) is 20.4 Å². The first-order valence-electron chi connectivity index (χ1n) is 7.94. The molecule has 0 bridgehead atoms. The summed E-state index contributed by atoms with van der Waals surface area (Å²) in [7, 11) is -1.37. The van der Waals surface area contributed by atoms with E-state index < -0.39 is 10.8 Å². The van der Waals surface area contributed by atoms with Gasteiger partial charge in [0, 0.05) is 18.0 Å². The Bertz CT molecular complexity index is 598. The first-order chi connectivity index (χ1) is 10.9. The highest BCUT2D eigenvalue weighted by molar-refractivity contribution is 7.85. The zero-order chi connectivity index (χ0) is 17.0.